The molecule has 1 N–H and O–H groups in total. The van der Waals surface area contributed by atoms with Crippen LogP contribution in [0.4, 0.5) is 13.2 Å². The number of nitrogens with zero attached hydrogens (tertiary/aromatic N) is 1. The topological polar surface area (TPSA) is 42.4 Å². The van der Waals surface area contributed by atoms with E-state index in [1.165, 1.54) is 12.1 Å². The highest BCUT2D eigenvalue weighted by atomic mass is 127. The number of aliphatic hydroxyl groups is 1. The van der Waals surface area contributed by atoms with E-state index in [9.17, 15) is 18.3 Å². The average Bonchev–Trinajstić information content (AvgIpc) is 3.30. The molecule has 3 nitrogen and oxygen atoms in total. The summed E-state index contributed by atoms with van der Waals surface area (Å²) in [5.41, 5.74) is 3.55. The van der Waals surface area contributed by atoms with E-state index in [1.54, 1.807) is 0 Å². The highest BCUT2D eigenvalue weighted by Gasteiger charge is 2.45. The number of aliphatic hydroxyl groups excluding tert-OH is 1. The van der Waals surface area contributed by atoms with Gasteiger partial charge in [-0.2, -0.15) is 13.2 Å². The zero-order valence-corrected chi connectivity index (χ0v) is 26.8. The predicted molar refractivity (Wildman–Crippen MR) is 157 cm³/mol. The van der Waals surface area contributed by atoms with Crippen LogP contribution in [0.2, 0.25) is 18.1 Å². The van der Waals surface area contributed by atoms with Gasteiger partial charge in [-0.15, -0.1) is 0 Å². The maximum absolute atomic E-state index is 13.2. The van der Waals surface area contributed by atoms with Gasteiger partial charge in [-0.25, -0.2) is 0 Å². The summed E-state index contributed by atoms with van der Waals surface area (Å²) in [6, 6.07) is 4.90. The number of benzene rings is 1. The maximum Gasteiger partial charge on any atom is 0.416 e. The summed E-state index contributed by atoms with van der Waals surface area (Å²) in [4.78, 5) is 5.29. The van der Waals surface area contributed by atoms with Crippen molar-refractivity contribution in [1.29, 1.82) is 0 Å². The van der Waals surface area contributed by atoms with Crippen LogP contribution in [-0.2, 0) is 17.0 Å². The van der Waals surface area contributed by atoms with E-state index in [-0.39, 0.29) is 22.5 Å². The Kier molecular flexibility index (Phi) is 8.25. The molecule has 8 heteroatoms. The minimum Gasteiger partial charge on any atom is -0.410 e. The van der Waals surface area contributed by atoms with Gasteiger partial charge in [-0.05, 0) is 89.5 Å². The first kappa shape index (κ1) is 30.0. The average molecular weight is 660 g/mol. The zero-order chi connectivity index (χ0) is 28.3. The molecule has 1 unspecified atom stereocenters. The van der Waals surface area contributed by atoms with Crippen molar-refractivity contribution in [2.24, 2.45) is 5.41 Å². The predicted octanol–water partition coefficient (Wildman–Crippen LogP) is 9.48. The molecule has 1 heterocycles. The Morgan fingerprint density at radius 3 is 2.18 bits per heavy atom. The molecule has 210 valence electrons. The second kappa shape index (κ2) is 10.5. The molecule has 0 aliphatic heterocycles. The van der Waals surface area contributed by atoms with E-state index in [4.69, 9.17) is 9.41 Å². The fourth-order valence-corrected chi connectivity index (χ4v) is 8.16. The molecule has 2 aliphatic rings. The lowest BCUT2D eigenvalue weighted by atomic mass is 9.74. The number of alkyl halides is 3. The van der Waals surface area contributed by atoms with E-state index in [0.29, 0.717) is 5.56 Å². The van der Waals surface area contributed by atoms with Gasteiger partial charge in [-0.1, -0.05) is 59.6 Å². The molecule has 0 amide bonds. The van der Waals surface area contributed by atoms with Crippen LogP contribution >= 0.6 is 22.6 Å². The zero-order valence-electron chi connectivity index (χ0n) is 23.6. The second-order valence-electron chi connectivity index (χ2n) is 13.5. The van der Waals surface area contributed by atoms with Gasteiger partial charge >= 0.3 is 6.18 Å². The van der Waals surface area contributed by atoms with Crippen molar-refractivity contribution in [3.8, 4) is 0 Å². The number of pyridine rings is 1. The third-order valence-corrected chi connectivity index (χ3v) is 14.5. The van der Waals surface area contributed by atoms with Gasteiger partial charge in [0.2, 0.25) is 0 Å². The Hall–Kier alpha value is -0.973. The molecule has 0 spiro atoms. The minimum absolute atomic E-state index is 0.0244. The van der Waals surface area contributed by atoms with Crippen LogP contribution in [0.1, 0.15) is 118 Å². The van der Waals surface area contributed by atoms with Crippen molar-refractivity contribution in [2.75, 3.05) is 0 Å². The van der Waals surface area contributed by atoms with Crippen molar-refractivity contribution in [2.45, 2.75) is 116 Å². The van der Waals surface area contributed by atoms with Crippen LogP contribution in [0.25, 0.3) is 0 Å². The number of aromatic nitrogens is 1. The van der Waals surface area contributed by atoms with Gasteiger partial charge in [0, 0.05) is 26.3 Å². The van der Waals surface area contributed by atoms with Crippen LogP contribution in [-0.4, -0.2) is 18.4 Å². The molecule has 4 rings (SSSR count). The Bertz CT molecular complexity index is 1170. The molecule has 1 saturated carbocycles. The summed E-state index contributed by atoms with van der Waals surface area (Å²) in [7, 11) is -2.12. The van der Waals surface area contributed by atoms with E-state index in [1.807, 2.05) is 0 Å². The lowest BCUT2D eigenvalue weighted by Gasteiger charge is -2.44. The summed E-state index contributed by atoms with van der Waals surface area (Å²) in [6.07, 6.45) is 0.378. The molecule has 0 bridgehead atoms. The summed E-state index contributed by atoms with van der Waals surface area (Å²) in [5.74, 6) is 0.248. The van der Waals surface area contributed by atoms with E-state index >= 15 is 0 Å². The van der Waals surface area contributed by atoms with Gasteiger partial charge < -0.3 is 9.53 Å². The summed E-state index contributed by atoms with van der Waals surface area (Å²) in [5, 5.41) is 11.7. The Morgan fingerprint density at radius 2 is 1.66 bits per heavy atom. The van der Waals surface area contributed by atoms with Gasteiger partial charge in [0.25, 0.3) is 0 Å². The van der Waals surface area contributed by atoms with Crippen LogP contribution < -0.4 is 0 Å². The monoisotopic (exact) mass is 659 g/mol. The van der Waals surface area contributed by atoms with Gasteiger partial charge in [0.15, 0.2) is 8.32 Å². The van der Waals surface area contributed by atoms with Crippen molar-refractivity contribution < 1.29 is 22.7 Å². The Balaban J connectivity index is 1.87. The first-order valence-electron chi connectivity index (χ1n) is 13.7. The van der Waals surface area contributed by atoms with Gasteiger partial charge in [0.05, 0.1) is 17.4 Å². The quantitative estimate of drug-likeness (QED) is 0.257. The first-order chi connectivity index (χ1) is 17.4. The summed E-state index contributed by atoms with van der Waals surface area (Å²) < 4.78 is 47.6. The lowest BCUT2D eigenvalue weighted by Crippen LogP contribution is -2.44. The fraction of sp³-hybridized carbons (Fsp3) is 0.633. The molecule has 2 atom stereocenters. The van der Waals surface area contributed by atoms with Gasteiger partial charge in [-0.3, -0.25) is 4.98 Å². The van der Waals surface area contributed by atoms with Gasteiger partial charge in [0.1, 0.15) is 6.10 Å². The van der Waals surface area contributed by atoms with E-state index < -0.39 is 26.2 Å². The van der Waals surface area contributed by atoms with Crippen LogP contribution in [0, 0.1) is 8.99 Å². The SMILES string of the molecule is CC1(C)Cc2nc(C3CCCC3)c([C@@H](O)c3ccc(C(F)(F)F)cc3)c(I)c2C(O[Si](C)(C)C(C)(C)C)C1. The fourth-order valence-electron chi connectivity index (χ4n) is 5.67. The Labute approximate surface area is 240 Å². The van der Waals surface area contributed by atoms with Crippen LogP contribution in [0.5, 0.6) is 0 Å². The molecule has 1 aromatic carbocycles. The van der Waals surface area contributed by atoms with E-state index in [0.717, 1.165) is 76.7 Å². The molecular weight excluding hydrogens is 618 g/mol. The standard InChI is InChI=1S/C30H41F3INO2Si/c1-28(2,3)38(6,7)37-22-17-29(4,5)16-21-23(22)25(34)24(26(35-21)18-10-8-9-11-18)27(36)19-12-14-20(15-13-19)30(31,32)33/h12-15,18,22,27,36H,8-11,16-17H2,1-7H3/t22?,27-/m0/s1. The smallest absolute Gasteiger partial charge is 0.410 e. The molecular formula is C30H41F3INO2Si. The highest BCUT2D eigenvalue weighted by molar-refractivity contribution is 14.1. The molecule has 2 aromatic rings. The highest BCUT2D eigenvalue weighted by Crippen LogP contribution is 2.51. The normalized spacial score (nSPS) is 21.4. The number of rotatable bonds is 5. The van der Waals surface area contributed by atoms with Crippen LogP contribution in [0.3, 0.4) is 0 Å². The molecule has 1 aromatic heterocycles. The molecule has 38 heavy (non-hydrogen) atoms. The number of halogens is 4. The third-order valence-electron chi connectivity index (χ3n) is 8.83. The third kappa shape index (κ3) is 6.03. The van der Waals surface area contributed by atoms with Crippen LogP contribution in [0.15, 0.2) is 24.3 Å². The van der Waals surface area contributed by atoms with Crippen molar-refractivity contribution in [3.63, 3.8) is 0 Å². The summed E-state index contributed by atoms with van der Waals surface area (Å²) >= 11 is 2.35. The largest absolute Gasteiger partial charge is 0.416 e. The first-order valence-corrected chi connectivity index (χ1v) is 17.6. The summed E-state index contributed by atoms with van der Waals surface area (Å²) in [6.45, 7) is 15.8. The second-order valence-corrected chi connectivity index (χ2v) is 19.3. The minimum atomic E-state index is -4.42. The maximum atomic E-state index is 13.2. The molecule has 0 radical (unpaired) electrons. The van der Waals surface area contributed by atoms with E-state index in [2.05, 4.69) is 70.3 Å². The number of hydrogen-bond donors (Lipinski definition) is 1. The van der Waals surface area contributed by atoms with Crippen molar-refractivity contribution in [3.05, 3.63) is 61.5 Å². The number of fused-ring (bicyclic) bond motifs is 1. The molecule has 2 aliphatic carbocycles. The number of hydrogen-bond acceptors (Lipinski definition) is 3. The Morgan fingerprint density at radius 1 is 1.08 bits per heavy atom. The van der Waals surface area contributed by atoms with Crippen molar-refractivity contribution >= 4 is 30.9 Å². The molecule has 0 saturated heterocycles. The van der Waals surface area contributed by atoms with Crippen molar-refractivity contribution in [1.82, 2.24) is 4.98 Å². The molecule has 1 fully saturated rings. The lowest BCUT2D eigenvalue weighted by molar-refractivity contribution is -0.137.